The molecule has 0 unspecified atom stereocenters. The van der Waals surface area contributed by atoms with Crippen LogP contribution >= 0.6 is 0 Å². The van der Waals surface area contributed by atoms with Crippen LogP contribution in [0.2, 0.25) is 0 Å². The van der Waals surface area contributed by atoms with Gasteiger partial charge in [0.15, 0.2) is 11.5 Å². The molecule has 2 heterocycles. The molecule has 0 saturated heterocycles. The number of carbonyl (C=O) groups is 1. The van der Waals surface area contributed by atoms with Gasteiger partial charge in [-0.3, -0.25) is 14.1 Å². The van der Waals surface area contributed by atoms with Crippen LogP contribution in [0.5, 0.6) is 0 Å². The summed E-state index contributed by atoms with van der Waals surface area (Å²) in [7, 11) is -2.33. The third-order valence-corrected chi connectivity index (χ3v) is 6.36. The minimum atomic E-state index is -3.80. The quantitative estimate of drug-likeness (QED) is 0.495. The Morgan fingerprint density at radius 2 is 1.71 bits per heavy atom. The standard InChI is InChI=1S/C22H18N4O4S/c1-26(18-7-3-2-4-8-18)31(28,29)19-9-5-6-17(14-19)24-22(27)20-15-21(30-25-20)16-10-12-23-13-11-16/h2-15H,1H3,(H,24,27). The maximum atomic E-state index is 13.0. The number of anilines is 2. The van der Waals surface area contributed by atoms with E-state index in [1.54, 1.807) is 60.9 Å². The second-order valence-corrected chi connectivity index (χ2v) is 8.57. The number of nitrogens with zero attached hydrogens (tertiary/aromatic N) is 3. The van der Waals surface area contributed by atoms with Crippen LogP contribution in [0.25, 0.3) is 11.3 Å². The fourth-order valence-electron chi connectivity index (χ4n) is 2.90. The molecular weight excluding hydrogens is 416 g/mol. The zero-order chi connectivity index (χ0) is 21.8. The Kier molecular flexibility index (Phi) is 5.50. The second kappa shape index (κ2) is 8.41. The summed E-state index contributed by atoms with van der Waals surface area (Å²) in [4.78, 5) is 16.6. The van der Waals surface area contributed by atoms with Gasteiger partial charge in [0, 0.05) is 36.8 Å². The van der Waals surface area contributed by atoms with Crippen molar-refractivity contribution in [2.24, 2.45) is 0 Å². The van der Waals surface area contributed by atoms with Crippen LogP contribution in [0.15, 0.2) is 94.6 Å². The fraction of sp³-hybridized carbons (Fsp3) is 0.0455. The first-order valence-corrected chi connectivity index (χ1v) is 10.7. The number of carbonyl (C=O) groups excluding carboxylic acids is 1. The molecule has 156 valence electrons. The largest absolute Gasteiger partial charge is 0.355 e. The SMILES string of the molecule is CN(c1ccccc1)S(=O)(=O)c1cccc(NC(=O)c2cc(-c3ccncc3)on2)c1. The average Bonchev–Trinajstić information content (AvgIpc) is 3.30. The number of hydrogen-bond acceptors (Lipinski definition) is 6. The maximum Gasteiger partial charge on any atom is 0.277 e. The Bertz CT molecular complexity index is 1310. The molecule has 0 saturated carbocycles. The first-order chi connectivity index (χ1) is 14.9. The van der Waals surface area contributed by atoms with E-state index in [-0.39, 0.29) is 10.6 Å². The summed E-state index contributed by atoms with van der Waals surface area (Å²) < 4.78 is 32.4. The van der Waals surface area contributed by atoms with Gasteiger partial charge in [0.1, 0.15) is 0 Å². The predicted octanol–water partition coefficient (Wildman–Crippen LogP) is 3.81. The summed E-state index contributed by atoms with van der Waals surface area (Å²) in [6.45, 7) is 0. The van der Waals surface area contributed by atoms with Gasteiger partial charge in [0.2, 0.25) is 0 Å². The molecule has 2 aromatic heterocycles. The normalized spacial score (nSPS) is 11.1. The summed E-state index contributed by atoms with van der Waals surface area (Å²) in [5, 5.41) is 6.45. The minimum absolute atomic E-state index is 0.0503. The van der Waals surface area contributed by atoms with Crippen LogP contribution in [-0.4, -0.2) is 31.5 Å². The number of nitrogens with one attached hydrogen (secondary N) is 1. The third kappa shape index (κ3) is 4.31. The lowest BCUT2D eigenvalue weighted by Gasteiger charge is -2.19. The topological polar surface area (TPSA) is 105 Å². The highest BCUT2D eigenvalue weighted by Crippen LogP contribution is 2.24. The first kappa shape index (κ1) is 20.3. The number of sulfonamides is 1. The molecule has 4 aromatic rings. The lowest BCUT2D eigenvalue weighted by molar-refractivity contribution is 0.101. The monoisotopic (exact) mass is 434 g/mol. The van der Waals surface area contributed by atoms with Crippen LogP contribution in [-0.2, 0) is 10.0 Å². The second-order valence-electron chi connectivity index (χ2n) is 6.60. The van der Waals surface area contributed by atoms with E-state index in [2.05, 4.69) is 15.5 Å². The van der Waals surface area contributed by atoms with Crippen LogP contribution in [0, 0.1) is 0 Å². The number of hydrogen-bond donors (Lipinski definition) is 1. The summed E-state index contributed by atoms with van der Waals surface area (Å²) in [6.07, 6.45) is 3.21. The van der Waals surface area contributed by atoms with E-state index in [0.29, 0.717) is 17.1 Å². The molecule has 0 atom stereocenters. The molecule has 0 aliphatic heterocycles. The highest BCUT2D eigenvalue weighted by Gasteiger charge is 2.22. The molecule has 2 aromatic carbocycles. The van der Waals surface area contributed by atoms with Crippen LogP contribution in [0.4, 0.5) is 11.4 Å². The van der Waals surface area contributed by atoms with Gasteiger partial charge >= 0.3 is 0 Å². The van der Waals surface area contributed by atoms with Crippen molar-refractivity contribution < 1.29 is 17.7 Å². The molecule has 1 amide bonds. The highest BCUT2D eigenvalue weighted by molar-refractivity contribution is 7.92. The van der Waals surface area contributed by atoms with Crippen LogP contribution < -0.4 is 9.62 Å². The van der Waals surface area contributed by atoms with E-state index in [1.807, 2.05) is 6.07 Å². The molecule has 1 N–H and O–H groups in total. The van der Waals surface area contributed by atoms with Crippen molar-refractivity contribution in [2.75, 3.05) is 16.7 Å². The summed E-state index contributed by atoms with van der Waals surface area (Å²) in [5.74, 6) is -0.0941. The molecule has 31 heavy (non-hydrogen) atoms. The molecule has 8 nitrogen and oxygen atoms in total. The van der Waals surface area contributed by atoms with Crippen molar-refractivity contribution in [3.63, 3.8) is 0 Å². The maximum absolute atomic E-state index is 13.0. The number of para-hydroxylation sites is 1. The highest BCUT2D eigenvalue weighted by atomic mass is 32.2. The van der Waals surface area contributed by atoms with E-state index in [1.165, 1.54) is 29.6 Å². The van der Waals surface area contributed by atoms with Gasteiger partial charge in [-0.1, -0.05) is 29.4 Å². The molecular formula is C22H18N4O4S. The Morgan fingerprint density at radius 1 is 0.968 bits per heavy atom. The van der Waals surface area contributed by atoms with E-state index < -0.39 is 15.9 Å². The van der Waals surface area contributed by atoms with Gasteiger partial charge in [0.05, 0.1) is 10.6 Å². The molecule has 0 aliphatic rings. The molecule has 0 aliphatic carbocycles. The minimum Gasteiger partial charge on any atom is -0.355 e. The molecule has 9 heteroatoms. The van der Waals surface area contributed by atoms with Gasteiger partial charge in [-0.2, -0.15) is 0 Å². The van der Waals surface area contributed by atoms with E-state index in [0.717, 1.165) is 5.56 Å². The number of aromatic nitrogens is 2. The molecule has 0 spiro atoms. The summed E-state index contributed by atoms with van der Waals surface area (Å²) in [5.41, 5.74) is 1.66. The zero-order valence-electron chi connectivity index (χ0n) is 16.5. The number of benzene rings is 2. The lowest BCUT2D eigenvalue weighted by atomic mass is 10.2. The van der Waals surface area contributed by atoms with Crippen molar-refractivity contribution >= 4 is 27.3 Å². The molecule has 0 bridgehead atoms. The predicted molar refractivity (Wildman–Crippen MR) is 116 cm³/mol. The van der Waals surface area contributed by atoms with E-state index in [9.17, 15) is 13.2 Å². The average molecular weight is 434 g/mol. The van der Waals surface area contributed by atoms with Crippen molar-refractivity contribution in [1.29, 1.82) is 0 Å². The van der Waals surface area contributed by atoms with E-state index >= 15 is 0 Å². The first-order valence-electron chi connectivity index (χ1n) is 9.28. The Balaban J connectivity index is 1.54. The van der Waals surface area contributed by atoms with Crippen molar-refractivity contribution in [3.8, 4) is 11.3 Å². The smallest absolute Gasteiger partial charge is 0.277 e. The molecule has 0 radical (unpaired) electrons. The Labute approximate surface area is 179 Å². The molecule has 0 fully saturated rings. The van der Waals surface area contributed by atoms with Crippen molar-refractivity contribution in [1.82, 2.24) is 10.1 Å². The number of rotatable bonds is 6. The van der Waals surface area contributed by atoms with Crippen molar-refractivity contribution in [3.05, 3.63) is 90.9 Å². The number of amides is 1. The van der Waals surface area contributed by atoms with Gasteiger partial charge in [-0.05, 0) is 42.5 Å². The van der Waals surface area contributed by atoms with Crippen LogP contribution in [0.1, 0.15) is 10.5 Å². The van der Waals surface area contributed by atoms with Gasteiger partial charge in [-0.25, -0.2) is 8.42 Å². The number of pyridine rings is 1. The lowest BCUT2D eigenvalue weighted by Crippen LogP contribution is -2.26. The fourth-order valence-corrected chi connectivity index (χ4v) is 4.14. The zero-order valence-corrected chi connectivity index (χ0v) is 17.3. The van der Waals surface area contributed by atoms with Crippen molar-refractivity contribution in [2.45, 2.75) is 4.90 Å². The van der Waals surface area contributed by atoms with Crippen LogP contribution in [0.3, 0.4) is 0 Å². The Morgan fingerprint density at radius 3 is 2.45 bits per heavy atom. The van der Waals surface area contributed by atoms with Gasteiger partial charge in [-0.15, -0.1) is 0 Å². The van der Waals surface area contributed by atoms with Gasteiger partial charge in [0.25, 0.3) is 15.9 Å². The molecule has 4 rings (SSSR count). The van der Waals surface area contributed by atoms with E-state index in [4.69, 9.17) is 4.52 Å². The Hall–Kier alpha value is -3.98. The summed E-state index contributed by atoms with van der Waals surface area (Å²) >= 11 is 0. The van der Waals surface area contributed by atoms with Gasteiger partial charge < -0.3 is 9.84 Å². The summed E-state index contributed by atoms with van der Waals surface area (Å²) in [6, 6.07) is 19.8. The third-order valence-electron chi connectivity index (χ3n) is 4.58.